The van der Waals surface area contributed by atoms with Crippen molar-refractivity contribution in [3.8, 4) is 0 Å². The van der Waals surface area contributed by atoms with E-state index in [9.17, 15) is 18.0 Å². The molecule has 0 aromatic heterocycles. The van der Waals surface area contributed by atoms with Crippen LogP contribution in [-0.4, -0.2) is 45.0 Å². The highest BCUT2D eigenvalue weighted by molar-refractivity contribution is 7.90. The van der Waals surface area contributed by atoms with Crippen molar-refractivity contribution in [3.63, 3.8) is 0 Å². The molecule has 1 N–H and O–H groups in total. The summed E-state index contributed by atoms with van der Waals surface area (Å²) in [5.74, 6) is -0.889. The summed E-state index contributed by atoms with van der Waals surface area (Å²) in [6, 6.07) is 7.00. The number of esters is 1. The van der Waals surface area contributed by atoms with Crippen LogP contribution < -0.4 is 5.32 Å². The Morgan fingerprint density at radius 3 is 2.81 bits per heavy atom. The summed E-state index contributed by atoms with van der Waals surface area (Å²) in [5.41, 5.74) is 1.27. The van der Waals surface area contributed by atoms with Gasteiger partial charge in [0.1, 0.15) is 9.84 Å². The first-order chi connectivity index (χ1) is 9.87. The third-order valence-corrected chi connectivity index (χ3v) is 4.21. The van der Waals surface area contributed by atoms with Crippen molar-refractivity contribution in [2.24, 2.45) is 0 Å². The van der Waals surface area contributed by atoms with Gasteiger partial charge in [-0.3, -0.25) is 4.79 Å². The third-order valence-electron chi connectivity index (χ3n) is 3.18. The van der Waals surface area contributed by atoms with Gasteiger partial charge in [0, 0.05) is 19.2 Å². The number of hydrogen-bond acceptors (Lipinski definition) is 5. The number of carbonyl (C=O) groups excluding carboxylic acids is 2. The van der Waals surface area contributed by atoms with E-state index in [2.05, 4.69) is 5.32 Å². The van der Waals surface area contributed by atoms with Crippen molar-refractivity contribution in [2.45, 2.75) is 18.9 Å². The van der Waals surface area contributed by atoms with Gasteiger partial charge in [0.15, 0.2) is 6.10 Å². The Bertz CT molecular complexity index is 653. The molecule has 0 radical (unpaired) electrons. The summed E-state index contributed by atoms with van der Waals surface area (Å²) in [6.07, 6.45) is 0.960. The highest BCUT2D eigenvalue weighted by Gasteiger charge is 2.30. The van der Waals surface area contributed by atoms with Crippen LogP contribution in [-0.2, 0) is 25.8 Å². The molecular formula is C14H17NO5S. The lowest BCUT2D eigenvalue weighted by molar-refractivity contribution is -0.130. The molecule has 1 aromatic rings. The molecule has 21 heavy (non-hydrogen) atoms. The zero-order valence-electron chi connectivity index (χ0n) is 11.7. The van der Waals surface area contributed by atoms with Gasteiger partial charge in [-0.25, -0.2) is 13.2 Å². The number of fused-ring (bicyclic) bond motifs is 1. The normalized spacial score (nSPS) is 17.8. The van der Waals surface area contributed by atoms with Gasteiger partial charge in [0.25, 0.3) is 5.91 Å². The molecule has 0 spiro atoms. The Labute approximate surface area is 123 Å². The molecule has 114 valence electrons. The predicted molar refractivity (Wildman–Crippen MR) is 76.7 cm³/mol. The van der Waals surface area contributed by atoms with Gasteiger partial charge in [0.2, 0.25) is 0 Å². The van der Waals surface area contributed by atoms with Crippen molar-refractivity contribution in [1.29, 1.82) is 0 Å². The third kappa shape index (κ3) is 4.29. The number of nitrogens with one attached hydrogen (secondary N) is 1. The van der Waals surface area contributed by atoms with Crippen molar-refractivity contribution < 1.29 is 22.7 Å². The number of ether oxygens (including phenoxy) is 1. The molecule has 0 saturated heterocycles. The number of amides is 1. The van der Waals surface area contributed by atoms with Crippen molar-refractivity contribution >= 4 is 21.7 Å². The second-order valence-corrected chi connectivity index (χ2v) is 7.29. The largest absolute Gasteiger partial charge is 0.448 e. The van der Waals surface area contributed by atoms with E-state index in [0.717, 1.165) is 11.8 Å². The minimum absolute atomic E-state index is 0.0145. The molecular weight excluding hydrogens is 294 g/mol. The van der Waals surface area contributed by atoms with E-state index >= 15 is 0 Å². The maximum atomic E-state index is 11.9. The lowest BCUT2D eigenvalue weighted by Crippen LogP contribution is -2.42. The van der Waals surface area contributed by atoms with Crippen LogP contribution in [0.3, 0.4) is 0 Å². The van der Waals surface area contributed by atoms with Gasteiger partial charge < -0.3 is 10.1 Å². The van der Waals surface area contributed by atoms with Gasteiger partial charge in [-0.1, -0.05) is 18.2 Å². The molecule has 6 nitrogen and oxygen atoms in total. The monoisotopic (exact) mass is 311 g/mol. The first kappa shape index (κ1) is 15.5. The molecule has 1 amide bonds. The molecule has 0 unspecified atom stereocenters. The lowest BCUT2D eigenvalue weighted by Gasteiger charge is -2.23. The number of carbonyl (C=O) groups is 2. The first-order valence-corrected chi connectivity index (χ1v) is 8.67. The van der Waals surface area contributed by atoms with Crippen molar-refractivity contribution in [2.75, 3.05) is 18.6 Å². The quantitative estimate of drug-likeness (QED) is 0.625. The molecule has 1 aromatic carbocycles. The maximum absolute atomic E-state index is 11.9. The fourth-order valence-electron chi connectivity index (χ4n) is 2.14. The van der Waals surface area contributed by atoms with Crippen LogP contribution in [0.5, 0.6) is 0 Å². The lowest BCUT2D eigenvalue weighted by atomic mass is 9.98. The van der Waals surface area contributed by atoms with E-state index in [1.165, 1.54) is 0 Å². The number of cyclic esters (lactones) is 1. The van der Waals surface area contributed by atoms with E-state index in [1.54, 1.807) is 24.3 Å². The van der Waals surface area contributed by atoms with Crippen molar-refractivity contribution in [3.05, 3.63) is 35.4 Å². The highest BCUT2D eigenvalue weighted by Crippen LogP contribution is 2.20. The van der Waals surface area contributed by atoms with Crippen LogP contribution >= 0.6 is 0 Å². The van der Waals surface area contributed by atoms with E-state index < -0.39 is 27.8 Å². The highest BCUT2D eigenvalue weighted by atomic mass is 32.2. The molecule has 7 heteroatoms. The molecule has 0 bridgehead atoms. The summed E-state index contributed by atoms with van der Waals surface area (Å²) in [4.78, 5) is 23.7. The summed E-state index contributed by atoms with van der Waals surface area (Å²) in [7, 11) is -3.03. The molecule has 1 aliphatic rings. The summed E-state index contributed by atoms with van der Waals surface area (Å²) in [5, 5.41) is 2.60. The molecule has 2 rings (SSSR count). The summed E-state index contributed by atoms with van der Waals surface area (Å²) < 4.78 is 27.1. The van der Waals surface area contributed by atoms with E-state index in [-0.39, 0.29) is 12.3 Å². The number of benzene rings is 1. The molecule has 1 atom stereocenters. The molecule has 1 heterocycles. The second kappa shape index (κ2) is 6.26. The standard InChI is InChI=1S/C14H17NO5S/c1-21(18,19)8-4-7-15-13(16)12-9-10-5-2-3-6-11(10)14(17)20-12/h2-3,5-6,12H,4,7-9H2,1H3,(H,15,16)/t12-/m1/s1. The summed E-state index contributed by atoms with van der Waals surface area (Å²) in [6.45, 7) is 0.238. The van der Waals surface area contributed by atoms with E-state index in [0.29, 0.717) is 18.4 Å². The van der Waals surface area contributed by atoms with Crippen LogP contribution in [0.2, 0.25) is 0 Å². The Kier molecular flexibility index (Phi) is 4.62. The van der Waals surface area contributed by atoms with Gasteiger partial charge in [-0.2, -0.15) is 0 Å². The van der Waals surface area contributed by atoms with Crippen LogP contribution in [0.15, 0.2) is 24.3 Å². The number of sulfone groups is 1. The Morgan fingerprint density at radius 1 is 1.38 bits per heavy atom. The maximum Gasteiger partial charge on any atom is 0.339 e. The fourth-order valence-corrected chi connectivity index (χ4v) is 2.81. The van der Waals surface area contributed by atoms with Crippen LogP contribution in [0.4, 0.5) is 0 Å². The minimum atomic E-state index is -3.03. The van der Waals surface area contributed by atoms with Gasteiger partial charge >= 0.3 is 5.97 Å². The van der Waals surface area contributed by atoms with Gasteiger partial charge in [-0.15, -0.1) is 0 Å². The Morgan fingerprint density at radius 2 is 2.10 bits per heavy atom. The average molecular weight is 311 g/mol. The van der Waals surface area contributed by atoms with Crippen LogP contribution in [0, 0.1) is 0 Å². The topological polar surface area (TPSA) is 89.5 Å². The number of rotatable bonds is 5. The van der Waals surface area contributed by atoms with E-state index in [1.807, 2.05) is 0 Å². The van der Waals surface area contributed by atoms with Gasteiger partial charge in [0.05, 0.1) is 11.3 Å². The first-order valence-electron chi connectivity index (χ1n) is 6.61. The molecule has 0 saturated carbocycles. The Hall–Kier alpha value is -1.89. The smallest absolute Gasteiger partial charge is 0.339 e. The molecule has 0 fully saturated rings. The summed E-state index contributed by atoms with van der Waals surface area (Å²) >= 11 is 0. The molecule has 1 aliphatic heterocycles. The number of hydrogen-bond donors (Lipinski definition) is 1. The Balaban J connectivity index is 1.89. The van der Waals surface area contributed by atoms with Crippen LogP contribution in [0.25, 0.3) is 0 Å². The molecule has 0 aliphatic carbocycles. The minimum Gasteiger partial charge on any atom is -0.448 e. The predicted octanol–water partition coefficient (Wildman–Crippen LogP) is 0.319. The zero-order valence-corrected chi connectivity index (χ0v) is 12.5. The SMILES string of the molecule is CS(=O)(=O)CCCNC(=O)[C@H]1Cc2ccccc2C(=O)O1. The van der Waals surface area contributed by atoms with Crippen LogP contribution in [0.1, 0.15) is 22.3 Å². The van der Waals surface area contributed by atoms with Crippen molar-refractivity contribution in [1.82, 2.24) is 5.32 Å². The average Bonchev–Trinajstić information content (AvgIpc) is 2.42. The fraction of sp³-hybridized carbons (Fsp3) is 0.429. The zero-order chi connectivity index (χ0) is 15.5. The van der Waals surface area contributed by atoms with E-state index in [4.69, 9.17) is 4.74 Å². The second-order valence-electron chi connectivity index (χ2n) is 5.03. The van der Waals surface area contributed by atoms with Gasteiger partial charge in [-0.05, 0) is 18.1 Å².